The molecular weight excluding hydrogens is 296 g/mol. The molecular formula is C12H15BrN4O. The molecule has 0 bridgehead atoms. The Morgan fingerprint density at radius 1 is 1.44 bits per heavy atom. The Hall–Kier alpha value is -1.56. The molecule has 0 saturated heterocycles. The van der Waals surface area contributed by atoms with Gasteiger partial charge in [-0.2, -0.15) is 0 Å². The SMILES string of the molecule is CCc1c(N)nnn1CCOc1cccc(Br)c1. The Kier molecular flexibility index (Phi) is 4.19. The molecule has 0 amide bonds. The molecule has 2 rings (SSSR count). The van der Waals surface area contributed by atoms with Crippen LogP contribution in [-0.2, 0) is 13.0 Å². The monoisotopic (exact) mass is 310 g/mol. The number of halogens is 1. The highest BCUT2D eigenvalue weighted by atomic mass is 79.9. The number of nitrogens with zero attached hydrogens (tertiary/aromatic N) is 3. The summed E-state index contributed by atoms with van der Waals surface area (Å²) in [7, 11) is 0. The number of aromatic nitrogens is 3. The molecule has 0 spiro atoms. The van der Waals surface area contributed by atoms with Crippen molar-refractivity contribution < 1.29 is 4.74 Å². The van der Waals surface area contributed by atoms with Crippen molar-refractivity contribution in [2.24, 2.45) is 0 Å². The molecule has 1 aromatic heterocycles. The summed E-state index contributed by atoms with van der Waals surface area (Å²) in [6, 6.07) is 7.74. The van der Waals surface area contributed by atoms with Gasteiger partial charge in [0.05, 0.1) is 12.2 Å². The number of ether oxygens (including phenoxy) is 1. The van der Waals surface area contributed by atoms with Crippen molar-refractivity contribution in [1.29, 1.82) is 0 Å². The van der Waals surface area contributed by atoms with Crippen molar-refractivity contribution in [3.63, 3.8) is 0 Å². The van der Waals surface area contributed by atoms with E-state index in [2.05, 4.69) is 26.2 Å². The summed E-state index contributed by atoms with van der Waals surface area (Å²) >= 11 is 3.40. The van der Waals surface area contributed by atoms with Crippen LogP contribution in [0.5, 0.6) is 5.75 Å². The van der Waals surface area contributed by atoms with Crippen LogP contribution < -0.4 is 10.5 Å². The summed E-state index contributed by atoms with van der Waals surface area (Å²) in [6.07, 6.45) is 0.815. The average Bonchev–Trinajstić information content (AvgIpc) is 2.70. The zero-order valence-electron chi connectivity index (χ0n) is 10.1. The van der Waals surface area contributed by atoms with Crippen molar-refractivity contribution in [2.75, 3.05) is 12.3 Å². The zero-order valence-corrected chi connectivity index (χ0v) is 11.7. The second-order valence-corrected chi connectivity index (χ2v) is 4.72. The Bertz CT molecular complexity index is 527. The van der Waals surface area contributed by atoms with Gasteiger partial charge in [0.2, 0.25) is 0 Å². The van der Waals surface area contributed by atoms with E-state index in [9.17, 15) is 0 Å². The number of hydrogen-bond donors (Lipinski definition) is 1. The molecule has 0 saturated carbocycles. The van der Waals surface area contributed by atoms with Crippen molar-refractivity contribution in [2.45, 2.75) is 19.9 Å². The van der Waals surface area contributed by atoms with E-state index in [0.29, 0.717) is 19.0 Å². The van der Waals surface area contributed by atoms with E-state index in [-0.39, 0.29) is 0 Å². The first kappa shape index (κ1) is 12.9. The van der Waals surface area contributed by atoms with Crippen LogP contribution in [0, 0.1) is 0 Å². The van der Waals surface area contributed by atoms with Crippen LogP contribution in [0.1, 0.15) is 12.6 Å². The van der Waals surface area contributed by atoms with Crippen LogP contribution in [0.25, 0.3) is 0 Å². The molecule has 0 radical (unpaired) electrons. The fourth-order valence-corrected chi connectivity index (χ4v) is 2.07. The van der Waals surface area contributed by atoms with E-state index in [0.717, 1.165) is 22.3 Å². The third kappa shape index (κ3) is 3.01. The molecule has 0 fully saturated rings. The Morgan fingerprint density at radius 3 is 3.00 bits per heavy atom. The Labute approximate surface area is 114 Å². The highest BCUT2D eigenvalue weighted by molar-refractivity contribution is 9.10. The maximum absolute atomic E-state index is 5.71. The highest BCUT2D eigenvalue weighted by Crippen LogP contribution is 2.17. The van der Waals surface area contributed by atoms with Gasteiger partial charge in [0.25, 0.3) is 0 Å². The maximum atomic E-state index is 5.71. The van der Waals surface area contributed by atoms with Crippen LogP contribution >= 0.6 is 15.9 Å². The van der Waals surface area contributed by atoms with E-state index in [1.807, 2.05) is 31.2 Å². The van der Waals surface area contributed by atoms with Gasteiger partial charge in [0.15, 0.2) is 5.82 Å². The lowest BCUT2D eigenvalue weighted by molar-refractivity contribution is 0.287. The second-order valence-electron chi connectivity index (χ2n) is 3.80. The minimum absolute atomic E-state index is 0.500. The molecule has 0 aliphatic rings. The summed E-state index contributed by atoms with van der Waals surface area (Å²) < 4.78 is 8.42. The molecule has 6 heteroatoms. The average molecular weight is 311 g/mol. The van der Waals surface area contributed by atoms with Gasteiger partial charge in [0.1, 0.15) is 12.4 Å². The largest absolute Gasteiger partial charge is 0.492 e. The number of anilines is 1. The quantitative estimate of drug-likeness (QED) is 0.920. The molecule has 18 heavy (non-hydrogen) atoms. The lowest BCUT2D eigenvalue weighted by atomic mass is 10.3. The van der Waals surface area contributed by atoms with Crippen molar-refractivity contribution in [3.8, 4) is 5.75 Å². The van der Waals surface area contributed by atoms with Gasteiger partial charge in [-0.05, 0) is 24.6 Å². The van der Waals surface area contributed by atoms with Crippen LogP contribution in [0.3, 0.4) is 0 Å². The zero-order chi connectivity index (χ0) is 13.0. The molecule has 2 aromatic rings. The normalized spacial score (nSPS) is 10.6. The number of hydrogen-bond acceptors (Lipinski definition) is 4. The first-order valence-electron chi connectivity index (χ1n) is 5.77. The standard InChI is InChI=1S/C12H15BrN4O/c1-2-11-12(14)15-16-17(11)6-7-18-10-5-3-4-9(13)8-10/h3-5,8H,2,6-7,14H2,1H3. The maximum Gasteiger partial charge on any atom is 0.169 e. The Balaban J connectivity index is 1.92. The predicted molar refractivity (Wildman–Crippen MR) is 73.4 cm³/mol. The fourth-order valence-electron chi connectivity index (χ4n) is 1.70. The Morgan fingerprint density at radius 2 is 2.28 bits per heavy atom. The molecule has 5 nitrogen and oxygen atoms in total. The molecule has 0 atom stereocenters. The summed E-state index contributed by atoms with van der Waals surface area (Å²) in [5, 5.41) is 7.84. The molecule has 1 heterocycles. The predicted octanol–water partition coefficient (Wildman–Crippen LogP) is 2.26. The molecule has 2 N–H and O–H groups in total. The first-order valence-corrected chi connectivity index (χ1v) is 6.56. The van der Waals surface area contributed by atoms with Crippen molar-refractivity contribution in [3.05, 3.63) is 34.4 Å². The van der Waals surface area contributed by atoms with Gasteiger partial charge in [-0.1, -0.05) is 34.1 Å². The lowest BCUT2D eigenvalue weighted by Gasteiger charge is -2.08. The first-order chi connectivity index (χ1) is 8.70. The van der Waals surface area contributed by atoms with Crippen molar-refractivity contribution in [1.82, 2.24) is 15.0 Å². The number of benzene rings is 1. The van der Waals surface area contributed by atoms with Gasteiger partial charge in [0, 0.05) is 4.47 Å². The van der Waals surface area contributed by atoms with Gasteiger partial charge >= 0.3 is 0 Å². The minimum atomic E-state index is 0.500. The van der Waals surface area contributed by atoms with Gasteiger partial charge in [-0.25, -0.2) is 4.68 Å². The lowest BCUT2D eigenvalue weighted by Crippen LogP contribution is -2.12. The number of nitrogens with two attached hydrogens (primary N) is 1. The molecule has 0 aliphatic carbocycles. The van der Waals surface area contributed by atoms with Crippen LogP contribution in [0.4, 0.5) is 5.82 Å². The van der Waals surface area contributed by atoms with E-state index >= 15 is 0 Å². The molecule has 1 aromatic carbocycles. The minimum Gasteiger partial charge on any atom is -0.492 e. The second kappa shape index (κ2) is 5.86. The van der Waals surface area contributed by atoms with E-state index in [1.54, 1.807) is 4.68 Å². The van der Waals surface area contributed by atoms with Crippen LogP contribution in [0.15, 0.2) is 28.7 Å². The number of nitrogen functional groups attached to an aromatic ring is 1. The molecule has 96 valence electrons. The van der Waals surface area contributed by atoms with Crippen LogP contribution in [-0.4, -0.2) is 21.6 Å². The van der Waals surface area contributed by atoms with Crippen LogP contribution in [0.2, 0.25) is 0 Å². The van der Waals surface area contributed by atoms with Crippen molar-refractivity contribution >= 4 is 21.7 Å². The molecule has 0 aliphatic heterocycles. The highest BCUT2D eigenvalue weighted by Gasteiger charge is 2.07. The molecule has 0 unspecified atom stereocenters. The van der Waals surface area contributed by atoms with Gasteiger partial charge in [-0.15, -0.1) is 5.10 Å². The third-order valence-electron chi connectivity index (χ3n) is 2.57. The fraction of sp³-hybridized carbons (Fsp3) is 0.333. The van der Waals surface area contributed by atoms with Gasteiger partial charge in [-0.3, -0.25) is 0 Å². The number of rotatable bonds is 5. The van der Waals surface area contributed by atoms with E-state index in [1.165, 1.54) is 0 Å². The third-order valence-corrected chi connectivity index (χ3v) is 3.06. The summed E-state index contributed by atoms with van der Waals surface area (Å²) in [6.45, 7) is 3.20. The summed E-state index contributed by atoms with van der Waals surface area (Å²) in [5.74, 6) is 1.33. The van der Waals surface area contributed by atoms with E-state index in [4.69, 9.17) is 10.5 Å². The van der Waals surface area contributed by atoms with Gasteiger partial charge < -0.3 is 10.5 Å². The smallest absolute Gasteiger partial charge is 0.169 e. The summed E-state index contributed by atoms with van der Waals surface area (Å²) in [4.78, 5) is 0. The topological polar surface area (TPSA) is 66.0 Å². The summed E-state index contributed by atoms with van der Waals surface area (Å²) in [5.41, 5.74) is 6.66. The van der Waals surface area contributed by atoms with E-state index < -0.39 is 0 Å².